The van der Waals surface area contributed by atoms with E-state index in [-0.39, 0.29) is 6.61 Å². The maximum Gasteiger partial charge on any atom is 0.175 e. The van der Waals surface area contributed by atoms with Gasteiger partial charge in [-0.2, -0.15) is 0 Å². The second-order valence-corrected chi connectivity index (χ2v) is 4.37. The molecule has 0 radical (unpaired) electrons. The number of ether oxygens (including phenoxy) is 2. The average molecular weight is 311 g/mol. The minimum Gasteiger partial charge on any atom is -0.492 e. The summed E-state index contributed by atoms with van der Waals surface area (Å²) in [4.78, 5) is 0. The predicted molar refractivity (Wildman–Crippen MR) is 66.3 cm³/mol. The molecule has 0 aliphatic carbocycles. The van der Waals surface area contributed by atoms with Crippen molar-refractivity contribution in [2.24, 2.45) is 5.73 Å². The van der Waals surface area contributed by atoms with Crippen LogP contribution in [0.4, 0.5) is 0 Å². The lowest BCUT2D eigenvalue weighted by atomic mass is 10.1. The van der Waals surface area contributed by atoms with Crippen LogP contribution in [0, 0.1) is 0 Å². The number of halogens is 2. The van der Waals surface area contributed by atoms with Crippen molar-refractivity contribution < 1.29 is 14.6 Å². The fourth-order valence-corrected chi connectivity index (χ4v) is 2.46. The maximum absolute atomic E-state index is 9.07. The number of nitrogens with two attached hydrogens (primary N) is 1. The lowest BCUT2D eigenvalue weighted by Crippen LogP contribution is -2.16. The molecule has 6 heteroatoms. The highest BCUT2D eigenvalue weighted by atomic mass is 79.9. The van der Waals surface area contributed by atoms with Crippen LogP contribution in [0.1, 0.15) is 11.6 Å². The first kappa shape index (κ1) is 13.6. The highest BCUT2D eigenvalue weighted by molar-refractivity contribution is 9.10. The molecule has 0 aromatic heterocycles. The molecule has 90 valence electrons. The van der Waals surface area contributed by atoms with E-state index < -0.39 is 6.04 Å². The molecule has 0 spiro atoms. The number of rotatable bonds is 4. The van der Waals surface area contributed by atoms with Crippen LogP contribution in [0.25, 0.3) is 0 Å². The van der Waals surface area contributed by atoms with Gasteiger partial charge in [0.05, 0.1) is 36.4 Å². The van der Waals surface area contributed by atoms with E-state index >= 15 is 0 Å². The zero-order chi connectivity index (χ0) is 12.3. The number of aliphatic hydroxyl groups excluding tert-OH is 1. The van der Waals surface area contributed by atoms with Crippen LogP contribution in [0.15, 0.2) is 10.5 Å². The summed E-state index contributed by atoms with van der Waals surface area (Å²) in [6, 6.07) is 1.05. The molecule has 1 unspecified atom stereocenters. The summed E-state index contributed by atoms with van der Waals surface area (Å²) < 4.78 is 11.1. The largest absolute Gasteiger partial charge is 0.492 e. The van der Waals surface area contributed by atoms with Gasteiger partial charge in [-0.25, -0.2) is 0 Å². The molecule has 1 atom stereocenters. The Morgan fingerprint density at radius 2 is 2.00 bits per heavy atom. The minimum atomic E-state index is -0.607. The lowest BCUT2D eigenvalue weighted by molar-refractivity contribution is 0.263. The first-order valence-corrected chi connectivity index (χ1v) is 5.70. The van der Waals surface area contributed by atoms with E-state index in [1.807, 2.05) is 0 Å². The van der Waals surface area contributed by atoms with Gasteiger partial charge in [0.15, 0.2) is 11.5 Å². The smallest absolute Gasteiger partial charge is 0.175 e. The van der Waals surface area contributed by atoms with E-state index in [0.29, 0.717) is 26.6 Å². The summed E-state index contributed by atoms with van der Waals surface area (Å²) in [5.41, 5.74) is 6.29. The summed E-state index contributed by atoms with van der Waals surface area (Å²) in [5.74, 6) is 0.939. The molecule has 0 aliphatic rings. The highest BCUT2D eigenvalue weighted by Gasteiger charge is 2.22. The summed E-state index contributed by atoms with van der Waals surface area (Å²) in [6.45, 7) is -0.221. The van der Waals surface area contributed by atoms with Crippen molar-refractivity contribution in [1.29, 1.82) is 0 Å². The SMILES string of the molecule is COc1c(Br)cc(Cl)c(C(N)CO)c1OC. The molecule has 0 amide bonds. The zero-order valence-corrected chi connectivity index (χ0v) is 11.3. The molecule has 0 saturated heterocycles. The van der Waals surface area contributed by atoms with Gasteiger partial charge in [0.1, 0.15) is 0 Å². The fourth-order valence-electron chi connectivity index (χ4n) is 1.42. The Hall–Kier alpha value is -0.490. The van der Waals surface area contributed by atoms with E-state index in [1.54, 1.807) is 6.07 Å². The van der Waals surface area contributed by atoms with Gasteiger partial charge >= 0.3 is 0 Å². The Morgan fingerprint density at radius 3 is 2.44 bits per heavy atom. The second kappa shape index (κ2) is 5.72. The van der Waals surface area contributed by atoms with Crippen LogP contribution >= 0.6 is 27.5 Å². The highest BCUT2D eigenvalue weighted by Crippen LogP contribution is 2.44. The molecule has 3 N–H and O–H groups in total. The van der Waals surface area contributed by atoms with Crippen molar-refractivity contribution >= 4 is 27.5 Å². The molecule has 16 heavy (non-hydrogen) atoms. The monoisotopic (exact) mass is 309 g/mol. The van der Waals surface area contributed by atoms with Gasteiger partial charge in [-0.1, -0.05) is 11.6 Å². The van der Waals surface area contributed by atoms with Gasteiger partial charge < -0.3 is 20.3 Å². The number of hydrogen-bond acceptors (Lipinski definition) is 4. The Kier molecular flexibility index (Phi) is 4.86. The molecule has 0 saturated carbocycles. The van der Waals surface area contributed by atoms with Gasteiger partial charge in [-0.3, -0.25) is 0 Å². The van der Waals surface area contributed by atoms with E-state index in [4.69, 9.17) is 31.9 Å². The summed E-state index contributed by atoms with van der Waals surface area (Å²) >= 11 is 9.37. The molecule has 0 heterocycles. The van der Waals surface area contributed by atoms with Gasteiger partial charge in [0.2, 0.25) is 0 Å². The number of aliphatic hydroxyl groups is 1. The molecule has 1 aromatic rings. The number of benzene rings is 1. The Balaban J connectivity index is 3.45. The van der Waals surface area contributed by atoms with E-state index in [9.17, 15) is 0 Å². The first-order valence-electron chi connectivity index (χ1n) is 4.53. The molecule has 4 nitrogen and oxygen atoms in total. The maximum atomic E-state index is 9.07. The second-order valence-electron chi connectivity index (χ2n) is 3.11. The molecule has 1 rings (SSSR count). The van der Waals surface area contributed by atoms with Crippen LogP contribution < -0.4 is 15.2 Å². The van der Waals surface area contributed by atoms with Crippen molar-refractivity contribution in [3.63, 3.8) is 0 Å². The third kappa shape index (κ3) is 2.43. The van der Waals surface area contributed by atoms with E-state index in [2.05, 4.69) is 15.9 Å². The van der Waals surface area contributed by atoms with Crippen LogP contribution in [0.5, 0.6) is 11.5 Å². The van der Waals surface area contributed by atoms with E-state index in [0.717, 1.165) is 0 Å². The van der Waals surface area contributed by atoms with Gasteiger partial charge in [0.25, 0.3) is 0 Å². The summed E-state index contributed by atoms with van der Waals surface area (Å²) in [7, 11) is 3.01. The van der Waals surface area contributed by atoms with E-state index in [1.165, 1.54) is 14.2 Å². The quantitative estimate of drug-likeness (QED) is 0.894. The predicted octanol–water partition coefficient (Wildman–Crippen LogP) is 2.11. The Bertz CT molecular complexity index is 387. The Labute approximate surface area is 107 Å². The molecule has 0 aliphatic heterocycles. The van der Waals surface area contributed by atoms with Crippen LogP contribution in [-0.2, 0) is 0 Å². The Morgan fingerprint density at radius 1 is 1.44 bits per heavy atom. The van der Waals surface area contributed by atoms with Gasteiger partial charge in [-0.15, -0.1) is 0 Å². The average Bonchev–Trinajstić information content (AvgIpc) is 2.27. The number of methoxy groups -OCH3 is 2. The van der Waals surface area contributed by atoms with Gasteiger partial charge in [-0.05, 0) is 22.0 Å². The van der Waals surface area contributed by atoms with Crippen molar-refractivity contribution in [2.45, 2.75) is 6.04 Å². The third-order valence-corrected chi connectivity index (χ3v) is 3.06. The molecule has 0 fully saturated rings. The lowest BCUT2D eigenvalue weighted by Gasteiger charge is -2.19. The van der Waals surface area contributed by atoms with Crippen molar-refractivity contribution in [3.8, 4) is 11.5 Å². The molecule has 0 bridgehead atoms. The van der Waals surface area contributed by atoms with Crippen LogP contribution in [0.2, 0.25) is 5.02 Å². The molecule has 1 aromatic carbocycles. The van der Waals surface area contributed by atoms with Crippen molar-refractivity contribution in [2.75, 3.05) is 20.8 Å². The fraction of sp³-hybridized carbons (Fsp3) is 0.400. The van der Waals surface area contributed by atoms with Crippen LogP contribution in [-0.4, -0.2) is 25.9 Å². The normalized spacial score (nSPS) is 12.4. The third-order valence-electron chi connectivity index (χ3n) is 2.15. The van der Waals surface area contributed by atoms with Crippen molar-refractivity contribution in [3.05, 3.63) is 21.1 Å². The summed E-state index contributed by atoms with van der Waals surface area (Å²) in [5, 5.41) is 9.50. The first-order chi connectivity index (χ1) is 7.56. The molecular weight excluding hydrogens is 297 g/mol. The number of hydrogen-bond donors (Lipinski definition) is 2. The summed E-state index contributed by atoms with van der Waals surface area (Å²) in [6.07, 6.45) is 0. The topological polar surface area (TPSA) is 64.7 Å². The zero-order valence-electron chi connectivity index (χ0n) is 8.96. The van der Waals surface area contributed by atoms with Gasteiger partial charge in [0, 0.05) is 5.56 Å². The molecular formula is C10H13BrClNO3. The van der Waals surface area contributed by atoms with Crippen molar-refractivity contribution in [1.82, 2.24) is 0 Å². The minimum absolute atomic E-state index is 0.221. The standard InChI is InChI=1S/C10H13BrClNO3/c1-15-9-5(11)3-6(12)8(7(13)4-14)10(9)16-2/h3,7,14H,4,13H2,1-2H3. The van der Waals surface area contributed by atoms with Crippen LogP contribution in [0.3, 0.4) is 0 Å².